The Balaban J connectivity index is 1.72. The summed E-state index contributed by atoms with van der Waals surface area (Å²) in [5.41, 5.74) is 1.11. The second-order valence-corrected chi connectivity index (χ2v) is 6.57. The fourth-order valence-corrected chi connectivity index (χ4v) is 3.33. The fourth-order valence-electron chi connectivity index (χ4n) is 2.38. The monoisotopic (exact) mass is 334 g/mol. The van der Waals surface area contributed by atoms with Crippen molar-refractivity contribution in [1.82, 2.24) is 10.2 Å². The number of quaternary nitrogens is 1. The topological polar surface area (TPSA) is 55.5 Å². The van der Waals surface area contributed by atoms with Crippen LogP contribution >= 0.6 is 22.9 Å². The SMILES string of the molecule is C[C@H]([NH2+][C@H](C)c1nnc(-c2cccs2)o1)c1ccccc1Cl. The Labute approximate surface area is 138 Å². The molecule has 0 spiro atoms. The number of halogens is 1. The highest BCUT2D eigenvalue weighted by Crippen LogP contribution is 2.25. The number of nitrogens with zero attached hydrogens (tertiary/aromatic N) is 2. The molecular formula is C16H17ClN3OS+. The number of thiophene rings is 1. The van der Waals surface area contributed by atoms with E-state index in [4.69, 9.17) is 16.0 Å². The van der Waals surface area contributed by atoms with Crippen molar-refractivity contribution in [2.24, 2.45) is 0 Å². The van der Waals surface area contributed by atoms with Gasteiger partial charge in [-0.25, -0.2) is 0 Å². The van der Waals surface area contributed by atoms with Gasteiger partial charge >= 0.3 is 0 Å². The summed E-state index contributed by atoms with van der Waals surface area (Å²) in [7, 11) is 0. The van der Waals surface area contributed by atoms with E-state index in [1.165, 1.54) is 0 Å². The van der Waals surface area contributed by atoms with E-state index in [-0.39, 0.29) is 12.1 Å². The first-order chi connectivity index (χ1) is 10.6. The summed E-state index contributed by atoms with van der Waals surface area (Å²) in [6.07, 6.45) is 0. The molecule has 0 fully saturated rings. The molecule has 0 aliphatic carbocycles. The van der Waals surface area contributed by atoms with Crippen molar-refractivity contribution in [2.75, 3.05) is 0 Å². The molecule has 2 heterocycles. The van der Waals surface area contributed by atoms with Gasteiger partial charge in [0.2, 0.25) is 0 Å². The quantitative estimate of drug-likeness (QED) is 0.771. The number of rotatable bonds is 5. The van der Waals surface area contributed by atoms with Crippen molar-refractivity contribution in [2.45, 2.75) is 25.9 Å². The minimum Gasteiger partial charge on any atom is -0.414 e. The summed E-state index contributed by atoms with van der Waals surface area (Å²) in [5, 5.41) is 13.2. The fraction of sp³-hybridized carbons (Fsp3) is 0.250. The summed E-state index contributed by atoms with van der Waals surface area (Å²) in [5.74, 6) is 1.21. The highest BCUT2D eigenvalue weighted by Gasteiger charge is 2.22. The summed E-state index contributed by atoms with van der Waals surface area (Å²) >= 11 is 7.84. The van der Waals surface area contributed by atoms with Crippen LogP contribution in [0.5, 0.6) is 0 Å². The van der Waals surface area contributed by atoms with Crippen LogP contribution in [0.4, 0.5) is 0 Å². The molecule has 0 unspecified atom stereocenters. The van der Waals surface area contributed by atoms with Gasteiger partial charge in [0.25, 0.3) is 11.8 Å². The first kappa shape index (κ1) is 15.2. The van der Waals surface area contributed by atoms with Crippen LogP contribution < -0.4 is 5.32 Å². The molecule has 0 saturated carbocycles. The smallest absolute Gasteiger partial charge is 0.274 e. The van der Waals surface area contributed by atoms with Crippen molar-refractivity contribution in [3.8, 4) is 10.8 Å². The predicted molar refractivity (Wildman–Crippen MR) is 87.8 cm³/mol. The van der Waals surface area contributed by atoms with E-state index in [1.807, 2.05) is 41.8 Å². The van der Waals surface area contributed by atoms with Crippen molar-refractivity contribution >= 4 is 22.9 Å². The molecule has 3 rings (SSSR count). The van der Waals surface area contributed by atoms with Gasteiger partial charge < -0.3 is 9.73 Å². The van der Waals surface area contributed by atoms with E-state index >= 15 is 0 Å². The first-order valence-electron chi connectivity index (χ1n) is 7.12. The molecule has 22 heavy (non-hydrogen) atoms. The third-order valence-corrected chi connectivity index (χ3v) is 4.74. The number of aromatic nitrogens is 2. The molecule has 0 aliphatic heterocycles. The van der Waals surface area contributed by atoms with E-state index < -0.39 is 0 Å². The number of hydrogen-bond donors (Lipinski definition) is 1. The highest BCUT2D eigenvalue weighted by molar-refractivity contribution is 7.13. The van der Waals surface area contributed by atoms with Gasteiger partial charge in [-0.15, -0.1) is 21.5 Å². The molecule has 0 saturated heterocycles. The normalized spacial score (nSPS) is 14.0. The third kappa shape index (κ3) is 3.21. The lowest BCUT2D eigenvalue weighted by molar-refractivity contribution is -0.730. The Morgan fingerprint density at radius 1 is 1.09 bits per heavy atom. The van der Waals surface area contributed by atoms with Crippen LogP contribution in [0, 0.1) is 0 Å². The minimum absolute atomic E-state index is 0.0625. The maximum atomic E-state index is 6.25. The second-order valence-electron chi connectivity index (χ2n) is 5.21. The molecule has 2 aromatic heterocycles. The van der Waals surface area contributed by atoms with Crippen molar-refractivity contribution in [3.63, 3.8) is 0 Å². The zero-order valence-corrected chi connectivity index (χ0v) is 13.9. The van der Waals surface area contributed by atoms with Crippen LogP contribution in [0.2, 0.25) is 5.02 Å². The average molecular weight is 335 g/mol. The summed E-state index contributed by atoms with van der Waals surface area (Å²) in [6, 6.07) is 12.1. The van der Waals surface area contributed by atoms with E-state index in [0.29, 0.717) is 11.8 Å². The standard InChI is InChI=1S/C16H16ClN3OS/c1-10(12-6-3-4-7-13(12)17)18-11(2)15-19-20-16(21-15)14-8-5-9-22-14/h3-11,18H,1-2H3/p+1/t10-,11+/m0/s1. The van der Waals surface area contributed by atoms with Crippen LogP contribution in [-0.4, -0.2) is 10.2 Å². The molecule has 114 valence electrons. The van der Waals surface area contributed by atoms with Crippen LogP contribution in [0.15, 0.2) is 46.2 Å². The lowest BCUT2D eigenvalue weighted by Crippen LogP contribution is -2.85. The lowest BCUT2D eigenvalue weighted by atomic mass is 10.1. The van der Waals surface area contributed by atoms with Crippen LogP contribution in [0.3, 0.4) is 0 Å². The van der Waals surface area contributed by atoms with E-state index in [0.717, 1.165) is 15.5 Å². The maximum Gasteiger partial charge on any atom is 0.274 e. The molecule has 3 aromatic rings. The van der Waals surface area contributed by atoms with Gasteiger partial charge in [0.15, 0.2) is 6.04 Å². The highest BCUT2D eigenvalue weighted by atomic mass is 35.5. The maximum absolute atomic E-state index is 6.25. The summed E-state index contributed by atoms with van der Waals surface area (Å²) in [4.78, 5) is 0.991. The van der Waals surface area contributed by atoms with E-state index in [1.54, 1.807) is 11.3 Å². The Bertz CT molecular complexity index is 741. The van der Waals surface area contributed by atoms with Gasteiger partial charge in [-0.3, -0.25) is 0 Å². The largest absolute Gasteiger partial charge is 0.414 e. The lowest BCUT2D eigenvalue weighted by Gasteiger charge is -2.15. The summed E-state index contributed by atoms with van der Waals surface area (Å²) < 4.78 is 5.78. The Morgan fingerprint density at radius 3 is 2.64 bits per heavy atom. The second kappa shape index (κ2) is 6.60. The molecule has 0 aliphatic rings. The molecule has 0 amide bonds. The zero-order valence-electron chi connectivity index (χ0n) is 12.4. The molecule has 1 aromatic carbocycles. The molecule has 2 N–H and O–H groups in total. The summed E-state index contributed by atoms with van der Waals surface area (Å²) in [6.45, 7) is 4.17. The van der Waals surface area contributed by atoms with E-state index in [9.17, 15) is 0 Å². The van der Waals surface area contributed by atoms with Gasteiger partial charge in [0.1, 0.15) is 6.04 Å². The molecular weight excluding hydrogens is 318 g/mol. The molecule has 0 radical (unpaired) electrons. The Kier molecular flexibility index (Phi) is 4.57. The van der Waals surface area contributed by atoms with Crippen molar-refractivity contribution < 1.29 is 9.73 Å². The van der Waals surface area contributed by atoms with Gasteiger partial charge in [0, 0.05) is 10.6 Å². The molecule has 6 heteroatoms. The number of nitrogens with two attached hydrogens (primary N) is 1. The number of hydrogen-bond acceptors (Lipinski definition) is 4. The van der Waals surface area contributed by atoms with E-state index in [2.05, 4.69) is 29.4 Å². The van der Waals surface area contributed by atoms with Crippen LogP contribution in [-0.2, 0) is 0 Å². The predicted octanol–water partition coefficient (Wildman–Crippen LogP) is 3.84. The Morgan fingerprint density at radius 2 is 1.91 bits per heavy atom. The minimum atomic E-state index is 0.0625. The number of benzene rings is 1. The van der Waals surface area contributed by atoms with Gasteiger partial charge in [0.05, 0.1) is 4.88 Å². The third-order valence-electron chi connectivity index (χ3n) is 3.54. The van der Waals surface area contributed by atoms with Crippen molar-refractivity contribution in [3.05, 3.63) is 58.3 Å². The molecule has 2 atom stereocenters. The Hall–Kier alpha value is -1.69. The zero-order chi connectivity index (χ0) is 15.5. The molecule has 0 bridgehead atoms. The van der Waals surface area contributed by atoms with Gasteiger partial charge in [-0.1, -0.05) is 35.9 Å². The van der Waals surface area contributed by atoms with Crippen LogP contribution in [0.25, 0.3) is 10.8 Å². The van der Waals surface area contributed by atoms with Gasteiger partial charge in [-0.2, -0.15) is 0 Å². The molecule has 4 nitrogen and oxygen atoms in total. The average Bonchev–Trinajstić information content (AvgIpc) is 3.18. The van der Waals surface area contributed by atoms with Crippen LogP contribution in [0.1, 0.15) is 37.4 Å². The van der Waals surface area contributed by atoms with Gasteiger partial charge in [-0.05, 0) is 31.4 Å². The van der Waals surface area contributed by atoms with Crippen molar-refractivity contribution in [1.29, 1.82) is 0 Å². The first-order valence-corrected chi connectivity index (χ1v) is 8.37.